The zero-order chi connectivity index (χ0) is 8.81. The van der Waals surface area contributed by atoms with Crippen LogP contribution in [0.15, 0.2) is 12.3 Å². The predicted octanol–water partition coefficient (Wildman–Crippen LogP) is 1.18. The fourth-order valence-electron chi connectivity index (χ4n) is 1.55. The molecule has 0 unspecified atom stereocenters. The molecule has 3 heteroatoms. The lowest BCUT2D eigenvalue weighted by molar-refractivity contribution is 0.316. The van der Waals surface area contributed by atoms with Gasteiger partial charge >= 0.3 is 0 Å². The lowest BCUT2D eigenvalue weighted by atomic mass is 10.1. The first-order chi connectivity index (χ1) is 5.88. The summed E-state index contributed by atoms with van der Waals surface area (Å²) in [5, 5.41) is 10.5. The summed E-state index contributed by atoms with van der Waals surface area (Å²) in [4.78, 5) is 1.99. The molecule has 1 rings (SSSR count). The number of rotatable bonds is 3. The minimum absolute atomic E-state index is 0.528. The molecule has 0 saturated carbocycles. The van der Waals surface area contributed by atoms with Crippen LogP contribution in [0.25, 0.3) is 0 Å². The number of hydrogen-bond acceptors (Lipinski definition) is 2. The van der Waals surface area contributed by atoms with Gasteiger partial charge in [-0.1, -0.05) is 6.08 Å². The first-order valence-corrected chi connectivity index (χ1v) is 4.50. The van der Waals surface area contributed by atoms with Gasteiger partial charge in [0.15, 0.2) is 0 Å². The Hall–Kier alpha value is -0.830. The average Bonchev–Trinajstić information content (AvgIpc) is 2.15. The molecule has 1 aliphatic heterocycles. The van der Waals surface area contributed by atoms with Crippen molar-refractivity contribution in [2.75, 3.05) is 13.1 Å². The van der Waals surface area contributed by atoms with Crippen molar-refractivity contribution in [3.05, 3.63) is 12.3 Å². The maximum Gasteiger partial charge on any atom is 0.0859 e. The molecule has 1 heterocycles. The molecule has 0 spiro atoms. The summed E-state index contributed by atoms with van der Waals surface area (Å²) in [6, 6.07) is 0.528. The van der Waals surface area contributed by atoms with Crippen LogP contribution in [0.2, 0.25) is 0 Å². The molecule has 0 amide bonds. The predicted molar refractivity (Wildman–Crippen MR) is 51.3 cm³/mol. The zero-order valence-electron chi connectivity index (χ0n) is 7.59. The highest BCUT2D eigenvalue weighted by Crippen LogP contribution is 2.09. The van der Waals surface area contributed by atoms with Crippen molar-refractivity contribution in [3.8, 4) is 0 Å². The molecule has 0 aromatic heterocycles. The highest BCUT2D eigenvalue weighted by atomic mass is 15.2. The second kappa shape index (κ2) is 4.93. The SMILES string of the molecule is C/C=C/N(C=N)C1CCNCC1. The normalized spacial score (nSPS) is 19.8. The Morgan fingerprint density at radius 2 is 2.08 bits per heavy atom. The second-order valence-corrected chi connectivity index (χ2v) is 3.04. The Kier molecular flexibility index (Phi) is 3.80. The van der Waals surface area contributed by atoms with Gasteiger partial charge in [-0.25, -0.2) is 0 Å². The maximum atomic E-state index is 7.23. The van der Waals surface area contributed by atoms with Gasteiger partial charge in [0.25, 0.3) is 0 Å². The van der Waals surface area contributed by atoms with Crippen molar-refractivity contribution in [2.45, 2.75) is 25.8 Å². The fourth-order valence-corrected chi connectivity index (χ4v) is 1.55. The minimum Gasteiger partial charge on any atom is -0.337 e. The topological polar surface area (TPSA) is 39.1 Å². The average molecular weight is 167 g/mol. The molecule has 3 nitrogen and oxygen atoms in total. The van der Waals surface area contributed by atoms with Crippen molar-refractivity contribution < 1.29 is 0 Å². The highest BCUT2D eigenvalue weighted by molar-refractivity contribution is 5.53. The summed E-state index contributed by atoms with van der Waals surface area (Å²) >= 11 is 0. The number of hydrogen-bond donors (Lipinski definition) is 2. The van der Waals surface area contributed by atoms with Crippen LogP contribution in [0.5, 0.6) is 0 Å². The summed E-state index contributed by atoms with van der Waals surface area (Å²) in [5.74, 6) is 0. The summed E-state index contributed by atoms with van der Waals surface area (Å²) < 4.78 is 0. The van der Waals surface area contributed by atoms with E-state index in [9.17, 15) is 0 Å². The fraction of sp³-hybridized carbons (Fsp3) is 0.667. The molecular formula is C9H17N3. The summed E-state index contributed by atoms with van der Waals surface area (Å²) in [6.45, 7) is 4.14. The Bertz CT molecular complexity index is 159. The molecule has 68 valence electrons. The van der Waals surface area contributed by atoms with Gasteiger partial charge < -0.3 is 10.2 Å². The zero-order valence-corrected chi connectivity index (χ0v) is 7.59. The van der Waals surface area contributed by atoms with Crippen LogP contribution in [0.1, 0.15) is 19.8 Å². The molecule has 1 saturated heterocycles. The molecule has 1 aliphatic rings. The van der Waals surface area contributed by atoms with Crippen molar-refractivity contribution in [1.82, 2.24) is 10.2 Å². The smallest absolute Gasteiger partial charge is 0.0859 e. The summed E-state index contributed by atoms with van der Waals surface area (Å²) in [6.07, 6.45) is 7.64. The van der Waals surface area contributed by atoms with Crippen molar-refractivity contribution in [3.63, 3.8) is 0 Å². The molecule has 0 aromatic rings. The van der Waals surface area contributed by atoms with Gasteiger partial charge in [-0.2, -0.15) is 0 Å². The van der Waals surface area contributed by atoms with Crippen LogP contribution in [0, 0.1) is 5.41 Å². The van der Waals surface area contributed by atoms with Crippen LogP contribution in [-0.4, -0.2) is 30.4 Å². The van der Waals surface area contributed by atoms with E-state index in [1.54, 1.807) is 0 Å². The Labute approximate surface area is 74.0 Å². The largest absolute Gasteiger partial charge is 0.337 e. The third-order valence-corrected chi connectivity index (χ3v) is 2.20. The lowest BCUT2D eigenvalue weighted by Gasteiger charge is -2.30. The summed E-state index contributed by atoms with van der Waals surface area (Å²) in [7, 11) is 0. The number of nitrogens with one attached hydrogen (secondary N) is 2. The van der Waals surface area contributed by atoms with Gasteiger partial charge in [-0.15, -0.1) is 0 Å². The van der Waals surface area contributed by atoms with Crippen molar-refractivity contribution >= 4 is 6.34 Å². The van der Waals surface area contributed by atoms with E-state index >= 15 is 0 Å². The third-order valence-electron chi connectivity index (χ3n) is 2.20. The van der Waals surface area contributed by atoms with E-state index < -0.39 is 0 Å². The quantitative estimate of drug-likeness (QED) is 0.489. The number of nitrogens with zero attached hydrogens (tertiary/aromatic N) is 1. The van der Waals surface area contributed by atoms with Gasteiger partial charge in [0, 0.05) is 12.2 Å². The van der Waals surface area contributed by atoms with E-state index in [1.807, 2.05) is 24.1 Å². The van der Waals surface area contributed by atoms with E-state index in [0.29, 0.717) is 6.04 Å². The van der Waals surface area contributed by atoms with E-state index in [1.165, 1.54) is 6.34 Å². The maximum absolute atomic E-state index is 7.23. The van der Waals surface area contributed by atoms with Crippen LogP contribution < -0.4 is 5.32 Å². The second-order valence-electron chi connectivity index (χ2n) is 3.04. The number of piperidine rings is 1. The minimum atomic E-state index is 0.528. The van der Waals surface area contributed by atoms with Crippen LogP contribution in [0.3, 0.4) is 0 Å². The Balaban J connectivity index is 2.45. The van der Waals surface area contributed by atoms with Crippen LogP contribution in [0.4, 0.5) is 0 Å². The van der Waals surface area contributed by atoms with Crippen molar-refractivity contribution in [2.24, 2.45) is 0 Å². The number of allylic oxidation sites excluding steroid dienone is 1. The van der Waals surface area contributed by atoms with Gasteiger partial charge in [0.05, 0.1) is 6.34 Å². The molecule has 0 atom stereocenters. The lowest BCUT2D eigenvalue weighted by Crippen LogP contribution is -2.39. The van der Waals surface area contributed by atoms with E-state index in [2.05, 4.69) is 5.32 Å². The Morgan fingerprint density at radius 1 is 1.42 bits per heavy atom. The standard InChI is InChI=1S/C9H17N3/c1-2-7-12(8-10)9-3-5-11-6-4-9/h2,7-11H,3-6H2,1H3/b7-2+,10-8?. The van der Waals surface area contributed by atoms with E-state index in [4.69, 9.17) is 5.41 Å². The molecule has 12 heavy (non-hydrogen) atoms. The monoisotopic (exact) mass is 167 g/mol. The van der Waals surface area contributed by atoms with Gasteiger partial charge in [-0.05, 0) is 32.9 Å². The van der Waals surface area contributed by atoms with Gasteiger partial charge in [0.1, 0.15) is 0 Å². The highest BCUT2D eigenvalue weighted by Gasteiger charge is 2.16. The summed E-state index contributed by atoms with van der Waals surface area (Å²) in [5.41, 5.74) is 0. The Morgan fingerprint density at radius 3 is 2.58 bits per heavy atom. The van der Waals surface area contributed by atoms with E-state index in [0.717, 1.165) is 25.9 Å². The first-order valence-electron chi connectivity index (χ1n) is 4.50. The molecular weight excluding hydrogens is 150 g/mol. The van der Waals surface area contributed by atoms with Crippen LogP contribution >= 0.6 is 0 Å². The molecule has 1 fully saturated rings. The molecule has 2 N–H and O–H groups in total. The molecule has 0 bridgehead atoms. The van der Waals surface area contributed by atoms with Gasteiger partial charge in [0.2, 0.25) is 0 Å². The molecule has 0 aliphatic carbocycles. The van der Waals surface area contributed by atoms with Gasteiger partial charge in [-0.3, -0.25) is 5.41 Å². The van der Waals surface area contributed by atoms with Crippen LogP contribution in [-0.2, 0) is 0 Å². The first kappa shape index (κ1) is 9.26. The molecule has 0 radical (unpaired) electrons. The third kappa shape index (κ3) is 2.34. The molecule has 0 aromatic carbocycles. The van der Waals surface area contributed by atoms with Crippen molar-refractivity contribution in [1.29, 1.82) is 5.41 Å². The van der Waals surface area contributed by atoms with E-state index in [-0.39, 0.29) is 0 Å².